The van der Waals surface area contributed by atoms with Crippen molar-refractivity contribution < 1.29 is 19.8 Å². The van der Waals surface area contributed by atoms with Crippen LogP contribution in [0.15, 0.2) is 109 Å². The van der Waals surface area contributed by atoms with Gasteiger partial charge in [-0.1, -0.05) is 103 Å². The molecule has 8 aromatic rings. The highest BCUT2D eigenvalue weighted by Gasteiger charge is 2.17. The molecule has 8 aromatic carbocycles. The zero-order chi connectivity index (χ0) is 30.5. The summed E-state index contributed by atoms with van der Waals surface area (Å²) in [4.78, 5) is 22.2. The Labute approximate surface area is 253 Å². The second-order valence-corrected chi connectivity index (χ2v) is 11.4. The van der Waals surface area contributed by atoms with E-state index in [1.165, 1.54) is 53.9 Å². The molecule has 0 radical (unpaired) electrons. The summed E-state index contributed by atoms with van der Waals surface area (Å²) in [5.74, 6) is -1.82. The summed E-state index contributed by atoms with van der Waals surface area (Å²) in [5.41, 5.74) is 7.57. The summed E-state index contributed by atoms with van der Waals surface area (Å²) in [6, 6.07) is 36.0. The predicted octanol–water partition coefficient (Wildman–Crippen LogP) is 8.01. The second kappa shape index (κ2) is 10.7. The highest BCUT2D eigenvalue weighted by molar-refractivity contribution is 6.25. The number of carboxylic acids is 2. The van der Waals surface area contributed by atoms with E-state index >= 15 is 0 Å². The number of rotatable bonds is 6. The average molecular weight is 579 g/mol. The van der Waals surface area contributed by atoms with Gasteiger partial charge in [0, 0.05) is 11.1 Å². The molecule has 0 aliphatic heterocycles. The Hall–Kier alpha value is -5.46. The molecule has 216 valence electrons. The summed E-state index contributed by atoms with van der Waals surface area (Å²) in [6.45, 7) is 1.65. The van der Waals surface area contributed by atoms with Crippen molar-refractivity contribution >= 4 is 82.3 Å². The lowest BCUT2D eigenvalue weighted by Gasteiger charge is -2.16. The summed E-state index contributed by atoms with van der Waals surface area (Å²) in [6.07, 6.45) is 0.337. The molecule has 2 atom stereocenters. The lowest BCUT2D eigenvalue weighted by molar-refractivity contribution is -0.139. The SMILES string of the molecule is C[C@H](Nc1ccc2ccc3cccc4ccc1c2c34)C(=O)O.N[C@@H](Cc1ccc2ccc3cccc4ccc1c2c34)C(=O)O. The third-order valence-corrected chi connectivity index (χ3v) is 8.65. The van der Waals surface area contributed by atoms with Gasteiger partial charge in [-0.15, -0.1) is 0 Å². The smallest absolute Gasteiger partial charge is 0.325 e. The molecule has 0 saturated carbocycles. The van der Waals surface area contributed by atoms with Crippen molar-refractivity contribution in [1.29, 1.82) is 0 Å². The topological polar surface area (TPSA) is 113 Å². The fourth-order valence-corrected chi connectivity index (χ4v) is 6.45. The van der Waals surface area contributed by atoms with Gasteiger partial charge in [0.1, 0.15) is 12.1 Å². The van der Waals surface area contributed by atoms with Crippen LogP contribution in [-0.4, -0.2) is 34.2 Å². The van der Waals surface area contributed by atoms with Crippen LogP contribution < -0.4 is 11.1 Å². The molecule has 6 heteroatoms. The average Bonchev–Trinajstić information content (AvgIpc) is 3.04. The molecule has 44 heavy (non-hydrogen) atoms. The van der Waals surface area contributed by atoms with Gasteiger partial charge in [-0.2, -0.15) is 0 Å². The second-order valence-electron chi connectivity index (χ2n) is 11.4. The minimum absolute atomic E-state index is 0.337. The Bertz CT molecular complexity index is 2150. The molecule has 0 saturated heterocycles. The van der Waals surface area contributed by atoms with Gasteiger partial charge < -0.3 is 21.3 Å². The number of anilines is 1. The summed E-state index contributed by atoms with van der Waals surface area (Å²) in [5, 5.41) is 35.5. The molecule has 0 bridgehead atoms. The number of benzene rings is 8. The molecule has 0 spiro atoms. The number of hydrogen-bond acceptors (Lipinski definition) is 4. The molecular formula is C38H30N2O4. The van der Waals surface area contributed by atoms with Gasteiger partial charge >= 0.3 is 11.9 Å². The first-order valence-corrected chi connectivity index (χ1v) is 14.6. The molecule has 0 amide bonds. The molecule has 0 aliphatic rings. The molecule has 0 aromatic heterocycles. The first-order chi connectivity index (χ1) is 21.3. The van der Waals surface area contributed by atoms with Gasteiger partial charge in [0.2, 0.25) is 0 Å². The van der Waals surface area contributed by atoms with Gasteiger partial charge in [0.05, 0.1) is 0 Å². The molecule has 8 rings (SSSR count). The van der Waals surface area contributed by atoms with Crippen LogP contribution in [0.3, 0.4) is 0 Å². The van der Waals surface area contributed by atoms with E-state index in [9.17, 15) is 9.59 Å². The summed E-state index contributed by atoms with van der Waals surface area (Å²) in [7, 11) is 0. The first-order valence-electron chi connectivity index (χ1n) is 14.6. The third-order valence-electron chi connectivity index (χ3n) is 8.65. The Kier molecular flexibility index (Phi) is 6.64. The standard InChI is InChI=1S/2C19H15NO2/c1-11(19(21)22)20-16-10-8-14-6-5-12-3-2-4-13-7-9-15(16)18(14)17(12)13;20-16(19(21)22)10-14-7-6-13-5-4-11-2-1-3-12-8-9-15(14)18(13)17(11)12/h2-11,20H,1H3,(H,21,22);1-9,16H,10,20H2,(H,21,22)/t11-;16-/m00/s1. The Morgan fingerprint density at radius 3 is 1.55 bits per heavy atom. The lowest BCUT2D eigenvalue weighted by atomic mass is 9.90. The monoisotopic (exact) mass is 578 g/mol. The Balaban J connectivity index is 0.000000142. The maximum absolute atomic E-state index is 11.1. The van der Waals surface area contributed by atoms with Gasteiger partial charge in [-0.25, -0.2) is 0 Å². The number of aliphatic carboxylic acids is 2. The molecule has 6 nitrogen and oxygen atoms in total. The first kappa shape index (κ1) is 27.4. The Morgan fingerprint density at radius 1 is 0.591 bits per heavy atom. The number of nitrogens with two attached hydrogens (primary N) is 1. The maximum Gasteiger partial charge on any atom is 0.325 e. The zero-order valence-electron chi connectivity index (χ0n) is 24.0. The molecule has 0 heterocycles. The number of carboxylic acid groups (broad SMARTS) is 2. The van der Waals surface area contributed by atoms with Gasteiger partial charge in [0.25, 0.3) is 0 Å². The Morgan fingerprint density at radius 2 is 1.02 bits per heavy atom. The van der Waals surface area contributed by atoms with Gasteiger partial charge in [-0.05, 0) is 84.2 Å². The highest BCUT2D eigenvalue weighted by atomic mass is 16.4. The van der Waals surface area contributed by atoms with Crippen molar-refractivity contribution in [3.8, 4) is 0 Å². The maximum atomic E-state index is 11.1. The van der Waals surface area contributed by atoms with E-state index in [1.807, 2.05) is 18.2 Å². The van der Waals surface area contributed by atoms with Gasteiger partial charge in [0.15, 0.2) is 0 Å². The fraction of sp³-hybridized carbons (Fsp3) is 0.105. The minimum atomic E-state index is -0.967. The van der Waals surface area contributed by atoms with Crippen LogP contribution in [-0.2, 0) is 16.0 Å². The predicted molar refractivity (Wildman–Crippen MR) is 180 cm³/mol. The summed E-state index contributed by atoms with van der Waals surface area (Å²) < 4.78 is 0. The zero-order valence-corrected chi connectivity index (χ0v) is 24.0. The highest BCUT2D eigenvalue weighted by Crippen LogP contribution is 2.38. The van der Waals surface area contributed by atoms with E-state index in [4.69, 9.17) is 15.9 Å². The van der Waals surface area contributed by atoms with Crippen LogP contribution in [0.4, 0.5) is 5.69 Å². The third kappa shape index (κ3) is 4.57. The van der Waals surface area contributed by atoms with Crippen LogP contribution >= 0.6 is 0 Å². The molecular weight excluding hydrogens is 548 g/mol. The van der Waals surface area contributed by atoms with Crippen molar-refractivity contribution in [2.24, 2.45) is 5.73 Å². The van der Waals surface area contributed by atoms with Crippen molar-refractivity contribution in [1.82, 2.24) is 0 Å². The van der Waals surface area contributed by atoms with E-state index < -0.39 is 24.0 Å². The lowest BCUT2D eigenvalue weighted by Crippen LogP contribution is -2.32. The van der Waals surface area contributed by atoms with E-state index in [1.54, 1.807) is 6.92 Å². The van der Waals surface area contributed by atoms with E-state index in [0.717, 1.165) is 22.0 Å². The largest absolute Gasteiger partial charge is 0.480 e. The van der Waals surface area contributed by atoms with E-state index in [0.29, 0.717) is 6.42 Å². The van der Waals surface area contributed by atoms with E-state index in [-0.39, 0.29) is 0 Å². The van der Waals surface area contributed by atoms with Crippen LogP contribution in [0.5, 0.6) is 0 Å². The fourth-order valence-electron chi connectivity index (χ4n) is 6.45. The molecule has 5 N–H and O–H groups in total. The molecule has 0 unspecified atom stereocenters. The van der Waals surface area contributed by atoms with Crippen LogP contribution in [0.2, 0.25) is 0 Å². The van der Waals surface area contributed by atoms with E-state index in [2.05, 4.69) is 96.3 Å². The van der Waals surface area contributed by atoms with Crippen LogP contribution in [0.25, 0.3) is 64.6 Å². The molecule has 0 aliphatic carbocycles. The molecule has 0 fully saturated rings. The quantitative estimate of drug-likeness (QED) is 0.149. The number of carbonyl (C=O) groups is 2. The normalized spacial score (nSPS) is 13.0. The van der Waals surface area contributed by atoms with Crippen molar-refractivity contribution in [2.45, 2.75) is 25.4 Å². The minimum Gasteiger partial charge on any atom is -0.480 e. The van der Waals surface area contributed by atoms with Crippen molar-refractivity contribution in [2.75, 3.05) is 5.32 Å². The number of hydrogen-bond donors (Lipinski definition) is 4. The van der Waals surface area contributed by atoms with Crippen LogP contribution in [0, 0.1) is 0 Å². The van der Waals surface area contributed by atoms with Crippen molar-refractivity contribution in [3.63, 3.8) is 0 Å². The summed E-state index contributed by atoms with van der Waals surface area (Å²) >= 11 is 0. The van der Waals surface area contributed by atoms with Crippen molar-refractivity contribution in [3.05, 3.63) is 115 Å². The van der Waals surface area contributed by atoms with Gasteiger partial charge in [-0.3, -0.25) is 9.59 Å². The van der Waals surface area contributed by atoms with Crippen LogP contribution in [0.1, 0.15) is 12.5 Å². The number of nitrogens with one attached hydrogen (secondary N) is 1.